The fourth-order valence-corrected chi connectivity index (χ4v) is 2.71. The molecule has 2 heterocycles. The summed E-state index contributed by atoms with van der Waals surface area (Å²) in [6, 6.07) is 9.46. The number of hydrogen-bond donors (Lipinski definition) is 1. The number of likely N-dealkylation sites (tertiary alicyclic amines) is 1. The van der Waals surface area contributed by atoms with Gasteiger partial charge in [0.2, 0.25) is 11.8 Å². The fraction of sp³-hybridized carbons (Fsp3) is 0.333. The van der Waals surface area contributed by atoms with Gasteiger partial charge in [-0.05, 0) is 12.5 Å². The van der Waals surface area contributed by atoms with E-state index in [4.69, 9.17) is 0 Å². The van der Waals surface area contributed by atoms with Crippen molar-refractivity contribution >= 4 is 11.8 Å². The minimum Gasteiger partial charge on any atom is -0.281 e. The molecule has 0 radical (unpaired) electrons. The van der Waals surface area contributed by atoms with Crippen molar-refractivity contribution in [1.82, 2.24) is 20.1 Å². The first-order valence-electron chi connectivity index (χ1n) is 6.86. The Morgan fingerprint density at radius 1 is 1.29 bits per heavy atom. The molecule has 6 nitrogen and oxygen atoms in total. The molecule has 1 saturated heterocycles. The van der Waals surface area contributed by atoms with Gasteiger partial charge >= 0.3 is 0 Å². The highest BCUT2D eigenvalue weighted by Gasteiger charge is 2.48. The van der Waals surface area contributed by atoms with Crippen LogP contribution >= 0.6 is 0 Å². The molecule has 2 aromatic rings. The van der Waals surface area contributed by atoms with E-state index in [1.165, 1.54) is 11.2 Å². The van der Waals surface area contributed by atoms with E-state index in [2.05, 4.69) is 15.2 Å². The Bertz CT molecular complexity index is 654. The number of imide groups is 1. The molecule has 1 N–H and O–H groups in total. The van der Waals surface area contributed by atoms with Gasteiger partial charge in [0.05, 0.1) is 5.41 Å². The van der Waals surface area contributed by atoms with E-state index in [1.807, 2.05) is 37.3 Å². The average Bonchev–Trinajstić information content (AvgIpc) is 3.07. The van der Waals surface area contributed by atoms with Gasteiger partial charge in [-0.25, -0.2) is 4.98 Å². The van der Waals surface area contributed by atoms with Crippen LogP contribution in [0.4, 0.5) is 0 Å². The van der Waals surface area contributed by atoms with E-state index in [1.54, 1.807) is 0 Å². The smallest absolute Gasteiger partial charge is 0.240 e. The van der Waals surface area contributed by atoms with E-state index in [0.29, 0.717) is 18.8 Å². The van der Waals surface area contributed by atoms with Gasteiger partial charge in [0.1, 0.15) is 12.2 Å². The van der Waals surface area contributed by atoms with Crippen molar-refractivity contribution in [1.29, 1.82) is 0 Å². The average molecular weight is 284 g/mol. The highest BCUT2D eigenvalue weighted by atomic mass is 16.2. The topological polar surface area (TPSA) is 79.0 Å². The van der Waals surface area contributed by atoms with Crippen LogP contribution in [0.5, 0.6) is 0 Å². The molecule has 0 saturated carbocycles. The van der Waals surface area contributed by atoms with Crippen LogP contribution < -0.4 is 0 Å². The van der Waals surface area contributed by atoms with Crippen LogP contribution in [0.25, 0.3) is 0 Å². The van der Waals surface area contributed by atoms with Crippen LogP contribution in [-0.4, -0.2) is 38.4 Å². The van der Waals surface area contributed by atoms with Crippen LogP contribution in [0.3, 0.4) is 0 Å². The molecule has 1 unspecified atom stereocenters. The predicted molar refractivity (Wildman–Crippen MR) is 75.2 cm³/mol. The molecule has 1 aliphatic rings. The molecule has 1 aromatic heterocycles. The molecule has 0 aliphatic carbocycles. The van der Waals surface area contributed by atoms with Crippen LogP contribution in [0.15, 0.2) is 36.7 Å². The number of aromatic nitrogens is 3. The Morgan fingerprint density at radius 3 is 2.71 bits per heavy atom. The van der Waals surface area contributed by atoms with Gasteiger partial charge < -0.3 is 0 Å². The molecule has 0 spiro atoms. The molecular formula is C15H16N4O2. The molecule has 2 amide bonds. The molecule has 1 aliphatic heterocycles. The number of benzene rings is 1. The maximum Gasteiger partial charge on any atom is 0.240 e. The molecule has 1 aromatic carbocycles. The minimum atomic E-state index is -0.764. The van der Waals surface area contributed by atoms with Crippen molar-refractivity contribution in [2.24, 2.45) is 0 Å². The summed E-state index contributed by atoms with van der Waals surface area (Å²) in [4.78, 5) is 30.2. The number of carbonyl (C=O) groups excluding carboxylic acids is 2. The number of H-pyrrole nitrogens is 1. The van der Waals surface area contributed by atoms with E-state index < -0.39 is 5.41 Å². The SMILES string of the molecule is CC1(c2ccccc2)CC(=O)N(CCc2ncn[nH]2)C1=O. The lowest BCUT2D eigenvalue weighted by Crippen LogP contribution is -2.37. The predicted octanol–water partition coefficient (Wildman–Crippen LogP) is 1.06. The first-order chi connectivity index (χ1) is 10.1. The molecular weight excluding hydrogens is 268 g/mol. The summed E-state index contributed by atoms with van der Waals surface area (Å²) >= 11 is 0. The summed E-state index contributed by atoms with van der Waals surface area (Å²) in [5.41, 5.74) is 0.116. The Labute approximate surface area is 122 Å². The third-order valence-electron chi connectivity index (χ3n) is 3.97. The maximum atomic E-state index is 12.7. The van der Waals surface area contributed by atoms with Crippen LogP contribution in [0.2, 0.25) is 0 Å². The second-order valence-electron chi connectivity index (χ2n) is 5.41. The van der Waals surface area contributed by atoms with Crippen LogP contribution in [0, 0.1) is 0 Å². The number of nitrogens with zero attached hydrogens (tertiary/aromatic N) is 3. The number of aromatic amines is 1. The van der Waals surface area contributed by atoms with Crippen molar-refractivity contribution in [3.05, 3.63) is 48.0 Å². The summed E-state index contributed by atoms with van der Waals surface area (Å²) in [6.45, 7) is 2.16. The van der Waals surface area contributed by atoms with E-state index in [9.17, 15) is 9.59 Å². The Morgan fingerprint density at radius 2 is 2.05 bits per heavy atom. The van der Waals surface area contributed by atoms with Crippen molar-refractivity contribution < 1.29 is 9.59 Å². The van der Waals surface area contributed by atoms with Gasteiger partial charge in [0.25, 0.3) is 0 Å². The van der Waals surface area contributed by atoms with Gasteiger partial charge in [-0.3, -0.25) is 19.6 Å². The second-order valence-corrected chi connectivity index (χ2v) is 5.41. The van der Waals surface area contributed by atoms with Crippen molar-refractivity contribution in [2.75, 3.05) is 6.54 Å². The number of nitrogens with one attached hydrogen (secondary N) is 1. The zero-order chi connectivity index (χ0) is 14.9. The highest BCUT2D eigenvalue weighted by Crippen LogP contribution is 2.36. The zero-order valence-corrected chi connectivity index (χ0v) is 11.7. The third-order valence-corrected chi connectivity index (χ3v) is 3.97. The monoisotopic (exact) mass is 284 g/mol. The second kappa shape index (κ2) is 5.12. The van der Waals surface area contributed by atoms with Gasteiger partial charge in [-0.2, -0.15) is 5.10 Å². The van der Waals surface area contributed by atoms with Gasteiger partial charge in [-0.1, -0.05) is 30.3 Å². The Balaban J connectivity index is 1.79. The Kier molecular flexibility index (Phi) is 3.29. The molecule has 1 atom stereocenters. The summed E-state index contributed by atoms with van der Waals surface area (Å²) in [5, 5.41) is 6.49. The minimum absolute atomic E-state index is 0.133. The van der Waals surface area contributed by atoms with Gasteiger partial charge in [0, 0.05) is 19.4 Å². The van der Waals surface area contributed by atoms with Gasteiger partial charge in [0.15, 0.2) is 0 Å². The molecule has 0 bridgehead atoms. The first kappa shape index (κ1) is 13.5. The molecule has 1 fully saturated rings. The molecule has 21 heavy (non-hydrogen) atoms. The lowest BCUT2D eigenvalue weighted by molar-refractivity contribution is -0.139. The molecule has 108 valence electrons. The van der Waals surface area contributed by atoms with Crippen molar-refractivity contribution in [2.45, 2.75) is 25.2 Å². The van der Waals surface area contributed by atoms with E-state index in [0.717, 1.165) is 5.56 Å². The van der Waals surface area contributed by atoms with Crippen LogP contribution in [-0.2, 0) is 21.4 Å². The number of carbonyl (C=O) groups is 2. The number of rotatable bonds is 4. The van der Waals surface area contributed by atoms with E-state index in [-0.39, 0.29) is 18.2 Å². The zero-order valence-electron chi connectivity index (χ0n) is 11.7. The Hall–Kier alpha value is -2.50. The first-order valence-corrected chi connectivity index (χ1v) is 6.86. The van der Waals surface area contributed by atoms with Crippen molar-refractivity contribution in [3.8, 4) is 0 Å². The molecule has 3 rings (SSSR count). The summed E-state index contributed by atoms with van der Waals surface area (Å²) in [7, 11) is 0. The maximum absolute atomic E-state index is 12.7. The molecule has 6 heteroatoms. The van der Waals surface area contributed by atoms with Gasteiger partial charge in [-0.15, -0.1) is 0 Å². The summed E-state index contributed by atoms with van der Waals surface area (Å²) in [5.74, 6) is 0.396. The normalized spacial score (nSPS) is 22.0. The largest absolute Gasteiger partial charge is 0.281 e. The number of hydrogen-bond acceptors (Lipinski definition) is 4. The highest BCUT2D eigenvalue weighted by molar-refractivity contribution is 6.08. The lowest BCUT2D eigenvalue weighted by atomic mass is 9.81. The standard InChI is InChI=1S/C15H16N4O2/c1-15(11-5-3-2-4-6-11)9-13(20)19(14(15)21)8-7-12-16-10-17-18-12/h2-6,10H,7-9H2,1H3,(H,16,17,18). The van der Waals surface area contributed by atoms with Crippen molar-refractivity contribution in [3.63, 3.8) is 0 Å². The number of amides is 2. The van der Waals surface area contributed by atoms with E-state index >= 15 is 0 Å². The lowest BCUT2D eigenvalue weighted by Gasteiger charge is -2.22. The quantitative estimate of drug-likeness (QED) is 0.852. The van der Waals surface area contributed by atoms with Crippen LogP contribution in [0.1, 0.15) is 24.7 Å². The third kappa shape index (κ3) is 2.33. The summed E-state index contributed by atoms with van der Waals surface area (Å²) in [6.07, 6.45) is 2.12. The summed E-state index contributed by atoms with van der Waals surface area (Å²) < 4.78 is 0. The fourth-order valence-electron chi connectivity index (χ4n) is 2.71.